The summed E-state index contributed by atoms with van der Waals surface area (Å²) in [6, 6.07) is 6.85. The molecule has 0 saturated heterocycles. The number of methoxy groups -OCH3 is 2. The van der Waals surface area contributed by atoms with Gasteiger partial charge in [0.25, 0.3) is 0 Å². The summed E-state index contributed by atoms with van der Waals surface area (Å²) in [5.41, 5.74) is 5.23. The molecule has 1 aliphatic rings. The molecule has 0 aliphatic carbocycles. The minimum Gasteiger partial charge on any atom is -0.494 e. The van der Waals surface area contributed by atoms with E-state index in [0.717, 1.165) is 17.0 Å². The van der Waals surface area contributed by atoms with Gasteiger partial charge in [0, 0.05) is 23.0 Å². The smallest absolute Gasteiger partial charge is 0.165 e. The number of ether oxygens (including phenoxy) is 2. The number of nitrogens with zero attached hydrogens (tertiary/aromatic N) is 1. The molecule has 1 N–H and O–H groups in total. The Hall–Kier alpha value is -2.82. The van der Waals surface area contributed by atoms with Crippen LogP contribution in [-0.2, 0) is 4.74 Å². The van der Waals surface area contributed by atoms with E-state index in [0.29, 0.717) is 22.7 Å². The van der Waals surface area contributed by atoms with Gasteiger partial charge >= 0.3 is 0 Å². The molecule has 1 aliphatic heterocycles. The molecular weight excluding hydrogens is 307 g/mol. The molecule has 2 heterocycles. The monoisotopic (exact) mass is 326 g/mol. The first-order valence-electron chi connectivity index (χ1n) is 7.58. The predicted octanol–water partition coefficient (Wildman–Crippen LogP) is 4.15. The first kappa shape index (κ1) is 16.1. The standard InChI is InChI=1S/C19H19FN2O2/c1-11-7-12(2)21-15(11)9-17-19(24-4)10-16(22-17)13-5-6-18(23-3)14(20)8-13/h5-10,21H,1-4H3. The van der Waals surface area contributed by atoms with Crippen LogP contribution in [0.5, 0.6) is 5.75 Å². The second kappa shape index (κ2) is 6.35. The third-order valence-electron chi connectivity index (χ3n) is 3.90. The minimum absolute atomic E-state index is 0.210. The summed E-state index contributed by atoms with van der Waals surface area (Å²) in [6.45, 7) is 4.04. The number of nitrogens with one attached hydrogen (secondary N) is 1. The van der Waals surface area contributed by atoms with E-state index in [1.165, 1.54) is 13.2 Å². The van der Waals surface area contributed by atoms with Gasteiger partial charge in [0.2, 0.25) is 0 Å². The van der Waals surface area contributed by atoms with Crippen LogP contribution >= 0.6 is 0 Å². The summed E-state index contributed by atoms with van der Waals surface area (Å²) in [5.74, 6) is 0.438. The number of aromatic nitrogens is 1. The fourth-order valence-corrected chi connectivity index (χ4v) is 2.69. The lowest BCUT2D eigenvalue weighted by atomic mass is 10.1. The van der Waals surface area contributed by atoms with Crippen LogP contribution in [0.15, 0.2) is 46.8 Å². The molecule has 0 spiro atoms. The van der Waals surface area contributed by atoms with Crippen molar-refractivity contribution in [1.82, 2.24) is 4.98 Å². The van der Waals surface area contributed by atoms with E-state index in [2.05, 4.69) is 16.0 Å². The summed E-state index contributed by atoms with van der Waals surface area (Å²) < 4.78 is 24.3. The quantitative estimate of drug-likeness (QED) is 0.917. The van der Waals surface area contributed by atoms with E-state index in [9.17, 15) is 4.39 Å². The van der Waals surface area contributed by atoms with Crippen LogP contribution in [0.2, 0.25) is 0 Å². The molecule has 2 aromatic rings. The second-order valence-corrected chi connectivity index (χ2v) is 5.64. The molecule has 0 saturated carbocycles. The molecule has 1 aromatic carbocycles. The van der Waals surface area contributed by atoms with Gasteiger partial charge in [-0.3, -0.25) is 0 Å². The first-order chi connectivity index (χ1) is 11.5. The van der Waals surface area contributed by atoms with Gasteiger partial charge in [0.1, 0.15) is 11.5 Å². The van der Waals surface area contributed by atoms with E-state index in [1.807, 2.05) is 19.9 Å². The van der Waals surface area contributed by atoms with E-state index in [4.69, 9.17) is 9.47 Å². The van der Waals surface area contributed by atoms with Crippen molar-refractivity contribution in [2.24, 2.45) is 4.99 Å². The number of hydrogen-bond donors (Lipinski definition) is 1. The van der Waals surface area contributed by atoms with Crippen molar-refractivity contribution in [3.8, 4) is 5.75 Å². The molecule has 0 atom stereocenters. The highest BCUT2D eigenvalue weighted by atomic mass is 19.1. The second-order valence-electron chi connectivity index (χ2n) is 5.64. The van der Waals surface area contributed by atoms with Crippen molar-refractivity contribution in [2.75, 3.05) is 14.2 Å². The zero-order valence-electron chi connectivity index (χ0n) is 14.1. The van der Waals surface area contributed by atoms with Gasteiger partial charge in [-0.05, 0) is 49.8 Å². The number of aliphatic imine (C=N–C) groups is 1. The van der Waals surface area contributed by atoms with E-state index in [-0.39, 0.29) is 5.75 Å². The largest absolute Gasteiger partial charge is 0.494 e. The maximum absolute atomic E-state index is 13.9. The van der Waals surface area contributed by atoms with Crippen molar-refractivity contribution in [1.29, 1.82) is 0 Å². The number of rotatable bonds is 4. The van der Waals surface area contributed by atoms with Crippen LogP contribution in [0.1, 0.15) is 22.5 Å². The van der Waals surface area contributed by atoms with Crippen LogP contribution in [-0.4, -0.2) is 24.9 Å². The molecule has 1 aromatic heterocycles. The Morgan fingerprint density at radius 2 is 1.92 bits per heavy atom. The Morgan fingerprint density at radius 3 is 2.50 bits per heavy atom. The van der Waals surface area contributed by atoms with E-state index < -0.39 is 5.82 Å². The Labute approximate surface area is 140 Å². The number of allylic oxidation sites excluding steroid dienone is 1. The van der Waals surface area contributed by atoms with Crippen LogP contribution < -0.4 is 4.74 Å². The third kappa shape index (κ3) is 2.97. The van der Waals surface area contributed by atoms with Crippen molar-refractivity contribution in [3.63, 3.8) is 0 Å². The fraction of sp³-hybridized carbons (Fsp3) is 0.211. The van der Waals surface area contributed by atoms with Crippen molar-refractivity contribution >= 4 is 11.8 Å². The Bertz CT molecular complexity index is 875. The van der Waals surface area contributed by atoms with E-state index >= 15 is 0 Å². The van der Waals surface area contributed by atoms with Crippen LogP contribution in [0.25, 0.3) is 6.08 Å². The molecule has 0 bridgehead atoms. The molecule has 0 amide bonds. The number of aryl methyl sites for hydroxylation is 2. The summed E-state index contributed by atoms with van der Waals surface area (Å²) in [7, 11) is 3.04. The van der Waals surface area contributed by atoms with Crippen LogP contribution in [0, 0.1) is 19.7 Å². The molecule has 0 radical (unpaired) electrons. The van der Waals surface area contributed by atoms with Gasteiger partial charge in [0.15, 0.2) is 11.6 Å². The molecule has 0 fully saturated rings. The van der Waals surface area contributed by atoms with E-state index in [1.54, 1.807) is 25.3 Å². The summed E-state index contributed by atoms with van der Waals surface area (Å²) in [6.07, 6.45) is 3.74. The van der Waals surface area contributed by atoms with Crippen molar-refractivity contribution in [3.05, 3.63) is 70.1 Å². The lowest BCUT2D eigenvalue weighted by molar-refractivity contribution is 0.303. The Kier molecular flexibility index (Phi) is 4.25. The molecule has 0 unspecified atom stereocenters. The molecule has 4 nitrogen and oxygen atoms in total. The van der Waals surface area contributed by atoms with Gasteiger partial charge in [-0.25, -0.2) is 9.38 Å². The lowest BCUT2D eigenvalue weighted by Crippen LogP contribution is -1.97. The van der Waals surface area contributed by atoms with Crippen LogP contribution in [0.3, 0.4) is 0 Å². The third-order valence-corrected chi connectivity index (χ3v) is 3.90. The Morgan fingerprint density at radius 1 is 1.12 bits per heavy atom. The maximum atomic E-state index is 13.9. The average Bonchev–Trinajstić information content (AvgIpc) is 3.10. The lowest BCUT2D eigenvalue weighted by Gasteiger charge is -2.03. The molecule has 5 heteroatoms. The number of aromatic amines is 1. The zero-order chi connectivity index (χ0) is 17.3. The molecule has 24 heavy (non-hydrogen) atoms. The fourth-order valence-electron chi connectivity index (χ4n) is 2.69. The van der Waals surface area contributed by atoms with Gasteiger partial charge in [-0.2, -0.15) is 0 Å². The number of hydrogen-bond acceptors (Lipinski definition) is 3. The number of benzene rings is 1. The highest BCUT2D eigenvalue weighted by Gasteiger charge is 2.18. The highest BCUT2D eigenvalue weighted by Crippen LogP contribution is 2.27. The summed E-state index contributed by atoms with van der Waals surface area (Å²) in [4.78, 5) is 7.88. The normalized spacial score (nSPS) is 15.5. The zero-order valence-corrected chi connectivity index (χ0v) is 14.1. The van der Waals surface area contributed by atoms with Gasteiger partial charge in [0.05, 0.1) is 19.9 Å². The van der Waals surface area contributed by atoms with Gasteiger partial charge in [-0.15, -0.1) is 0 Å². The van der Waals surface area contributed by atoms with Gasteiger partial charge in [-0.1, -0.05) is 0 Å². The average molecular weight is 326 g/mol. The highest BCUT2D eigenvalue weighted by molar-refractivity contribution is 6.12. The minimum atomic E-state index is -0.418. The Balaban J connectivity index is 2.00. The SMILES string of the molecule is COC1=CC(c2ccc(OC)c(F)c2)=NC1=Cc1[nH]c(C)cc1C. The first-order valence-corrected chi connectivity index (χ1v) is 7.58. The topological polar surface area (TPSA) is 46.6 Å². The number of H-pyrrole nitrogens is 1. The molecule has 3 rings (SSSR count). The molecule has 124 valence electrons. The summed E-state index contributed by atoms with van der Waals surface area (Å²) >= 11 is 0. The maximum Gasteiger partial charge on any atom is 0.165 e. The summed E-state index contributed by atoms with van der Waals surface area (Å²) in [5, 5.41) is 0. The van der Waals surface area contributed by atoms with Gasteiger partial charge < -0.3 is 14.5 Å². The predicted molar refractivity (Wildman–Crippen MR) is 92.8 cm³/mol. The molecular formula is C19H19FN2O2. The van der Waals surface area contributed by atoms with Crippen molar-refractivity contribution in [2.45, 2.75) is 13.8 Å². The number of halogens is 1. The van der Waals surface area contributed by atoms with Crippen LogP contribution in [0.4, 0.5) is 4.39 Å². The van der Waals surface area contributed by atoms with Crippen molar-refractivity contribution < 1.29 is 13.9 Å².